The van der Waals surface area contributed by atoms with Crippen LogP contribution < -0.4 is 16.1 Å². The number of morpholine rings is 1. The second-order valence-electron chi connectivity index (χ2n) is 6.38. The van der Waals surface area contributed by atoms with Gasteiger partial charge in [0.25, 0.3) is 6.20 Å². The normalized spacial score (nSPS) is 14.9. The Kier molecular flexibility index (Phi) is 8.29. The van der Waals surface area contributed by atoms with Gasteiger partial charge in [0.05, 0.1) is 28.3 Å². The summed E-state index contributed by atoms with van der Waals surface area (Å²) in [4.78, 5) is 16.4. The minimum absolute atomic E-state index is 0.0810. The largest absolute Gasteiger partial charge is 0.378 e. The minimum atomic E-state index is -0.519. The summed E-state index contributed by atoms with van der Waals surface area (Å²) in [6, 6.07) is 4.05. The van der Waals surface area contributed by atoms with Crippen LogP contribution in [0.3, 0.4) is 0 Å². The number of benzene rings is 1. The summed E-state index contributed by atoms with van der Waals surface area (Å²) in [5.41, 5.74) is 2.34. The molecule has 0 atom stereocenters. The molecule has 3 rings (SSSR count). The molecule has 13 nitrogen and oxygen atoms in total. The molecule has 1 aromatic heterocycles. The van der Waals surface area contributed by atoms with Gasteiger partial charge in [-0.1, -0.05) is 0 Å². The van der Waals surface area contributed by atoms with Crippen LogP contribution in [0.5, 0.6) is 0 Å². The van der Waals surface area contributed by atoms with E-state index in [9.17, 15) is 19.7 Å². The van der Waals surface area contributed by atoms with E-state index in [0.29, 0.717) is 50.9 Å². The molecule has 1 fully saturated rings. The van der Waals surface area contributed by atoms with Gasteiger partial charge in [-0.25, -0.2) is 14.0 Å². The Morgan fingerprint density at radius 3 is 2.84 bits per heavy atom. The molecule has 0 aliphatic carbocycles. The van der Waals surface area contributed by atoms with Crippen molar-refractivity contribution in [2.45, 2.75) is 0 Å². The van der Waals surface area contributed by atoms with Gasteiger partial charge in [0.15, 0.2) is 17.4 Å². The lowest BCUT2D eigenvalue weighted by Crippen LogP contribution is -2.41. The quantitative estimate of drug-likeness (QED) is 0.126. The first-order valence-corrected chi connectivity index (χ1v) is 10.2. The number of hydrogen-bond acceptors (Lipinski definition) is 11. The Morgan fingerprint density at radius 2 is 2.16 bits per heavy atom. The van der Waals surface area contributed by atoms with Crippen LogP contribution in [0.2, 0.25) is 0 Å². The molecule has 0 radical (unpaired) electrons. The molecule has 0 amide bonds. The number of anilines is 1. The van der Waals surface area contributed by atoms with Crippen molar-refractivity contribution >= 4 is 33.3 Å². The van der Waals surface area contributed by atoms with Crippen molar-refractivity contribution < 1.29 is 23.9 Å². The molecule has 2 heterocycles. The predicted molar refractivity (Wildman–Crippen MR) is 113 cm³/mol. The highest BCUT2D eigenvalue weighted by atomic mass is 79.9. The summed E-state index contributed by atoms with van der Waals surface area (Å²) in [7, 11) is 0. The zero-order valence-electron chi connectivity index (χ0n) is 16.6. The van der Waals surface area contributed by atoms with E-state index >= 15 is 0 Å². The number of hydrogen-bond donors (Lipinski definition) is 4. The zero-order chi connectivity index (χ0) is 22.9. The van der Waals surface area contributed by atoms with Gasteiger partial charge < -0.3 is 20.3 Å². The fraction of sp³-hybridized carbons (Fsp3) is 0.353. The highest BCUT2D eigenvalue weighted by molar-refractivity contribution is 9.10. The summed E-state index contributed by atoms with van der Waals surface area (Å²) in [6.45, 7) is 2.67. The van der Waals surface area contributed by atoms with Crippen molar-refractivity contribution in [3.05, 3.63) is 56.3 Å². The first-order chi connectivity index (χ1) is 15.5. The van der Waals surface area contributed by atoms with Gasteiger partial charge in [-0.05, 0) is 44.4 Å². The maximum Gasteiger partial charge on any atom is 0.274 e. The fourth-order valence-electron chi connectivity index (χ4n) is 2.79. The summed E-state index contributed by atoms with van der Waals surface area (Å²) >= 11 is 3.07. The lowest BCUT2D eigenvalue weighted by molar-refractivity contribution is -0.404. The van der Waals surface area contributed by atoms with Crippen molar-refractivity contribution in [1.29, 1.82) is 0 Å². The van der Waals surface area contributed by atoms with Crippen LogP contribution in [0.15, 0.2) is 44.3 Å². The Bertz CT molecular complexity index is 995. The molecule has 0 spiro atoms. The van der Waals surface area contributed by atoms with Crippen LogP contribution in [0.1, 0.15) is 5.69 Å². The minimum Gasteiger partial charge on any atom is -0.378 e. The Labute approximate surface area is 189 Å². The van der Waals surface area contributed by atoms with Gasteiger partial charge in [0, 0.05) is 26.2 Å². The van der Waals surface area contributed by atoms with Gasteiger partial charge >= 0.3 is 0 Å². The van der Waals surface area contributed by atoms with Crippen LogP contribution in [0, 0.1) is 15.9 Å². The van der Waals surface area contributed by atoms with E-state index in [1.807, 2.05) is 10.4 Å². The molecule has 1 aliphatic heterocycles. The molecule has 1 saturated heterocycles. The maximum absolute atomic E-state index is 13.4. The molecule has 0 bridgehead atoms. The van der Waals surface area contributed by atoms with E-state index in [1.54, 1.807) is 0 Å². The molecule has 0 unspecified atom stereocenters. The molecular weight excluding hydrogens is 495 g/mol. The molecule has 2 aromatic rings. The number of hydroxylamine groups is 1. The fourth-order valence-corrected chi connectivity index (χ4v) is 3.16. The number of rotatable bonds is 9. The summed E-state index contributed by atoms with van der Waals surface area (Å²) < 4.78 is 23.6. The van der Waals surface area contributed by atoms with Crippen molar-refractivity contribution in [2.75, 3.05) is 44.7 Å². The Balaban J connectivity index is 1.63. The first-order valence-electron chi connectivity index (χ1n) is 9.40. The predicted octanol–water partition coefficient (Wildman–Crippen LogP) is 1.44. The Morgan fingerprint density at radius 1 is 1.38 bits per heavy atom. The molecule has 1 aliphatic rings. The van der Waals surface area contributed by atoms with Crippen LogP contribution >= 0.6 is 15.9 Å². The second kappa shape index (κ2) is 11.4. The number of nitrogens with zero attached hydrogens (tertiary/aromatic N) is 5. The third kappa shape index (κ3) is 6.35. The third-order valence-corrected chi connectivity index (χ3v) is 4.87. The number of halogens is 2. The van der Waals surface area contributed by atoms with Crippen LogP contribution in [-0.4, -0.2) is 70.6 Å². The van der Waals surface area contributed by atoms with Gasteiger partial charge in [0.1, 0.15) is 5.82 Å². The maximum atomic E-state index is 13.4. The average Bonchev–Trinajstić information content (AvgIpc) is 3.25. The number of aromatic nitrogens is 2. The number of amidine groups is 1. The molecular formula is C17H20BrFN8O5. The molecule has 32 heavy (non-hydrogen) atoms. The second-order valence-corrected chi connectivity index (χ2v) is 7.24. The van der Waals surface area contributed by atoms with E-state index in [0.717, 1.165) is 6.20 Å². The number of ether oxygens (including phenoxy) is 1. The topological polar surface area (TPSA) is 163 Å². The lowest BCUT2D eigenvalue weighted by atomic mass is 10.3. The summed E-state index contributed by atoms with van der Waals surface area (Å²) in [6.07, 6.45) is 0.912. The highest BCUT2D eigenvalue weighted by Gasteiger charge is 2.18. The molecule has 172 valence electrons. The van der Waals surface area contributed by atoms with E-state index in [1.165, 1.54) is 18.2 Å². The van der Waals surface area contributed by atoms with E-state index in [-0.39, 0.29) is 21.8 Å². The summed E-state index contributed by atoms with van der Waals surface area (Å²) in [5.74, 6) is 0.0182. The van der Waals surface area contributed by atoms with Gasteiger partial charge in [-0.3, -0.25) is 20.8 Å². The van der Waals surface area contributed by atoms with Crippen LogP contribution in [-0.2, 0) is 4.74 Å². The van der Waals surface area contributed by atoms with E-state index < -0.39 is 10.7 Å². The van der Waals surface area contributed by atoms with Gasteiger partial charge in [0.2, 0.25) is 5.82 Å². The van der Waals surface area contributed by atoms with Crippen molar-refractivity contribution in [2.24, 2.45) is 4.99 Å². The van der Waals surface area contributed by atoms with Gasteiger partial charge in [-0.15, -0.1) is 0 Å². The standard InChI is InChI=1S/C17H20BrFN8O5/c18-12-9-11(1-2-13(12)19)22-17(23-28)15-16(25-32-24-15)21-4-3-20-14(10-27(29)30)26-5-7-31-8-6-26/h1-2,9-10,20,28H,3-8H2,(H,21,25)(H,22,23). The lowest BCUT2D eigenvalue weighted by Gasteiger charge is -2.29. The molecule has 4 N–H and O–H groups in total. The van der Waals surface area contributed by atoms with Crippen LogP contribution in [0.4, 0.5) is 15.9 Å². The highest BCUT2D eigenvalue weighted by Crippen LogP contribution is 2.23. The average molecular weight is 515 g/mol. The number of nitro groups is 1. The number of aliphatic imine (C=N–C) groups is 1. The van der Waals surface area contributed by atoms with Crippen LogP contribution in [0.25, 0.3) is 0 Å². The first kappa shape index (κ1) is 23.4. The number of nitrogens with one attached hydrogen (secondary N) is 3. The van der Waals surface area contributed by atoms with Gasteiger partial charge in [-0.2, -0.15) is 0 Å². The SMILES string of the molecule is O=[N+]([O-])C=C(NCCNc1nonc1C(=Nc1ccc(F)c(Br)c1)NO)N1CCOCC1. The third-order valence-electron chi connectivity index (χ3n) is 4.27. The molecule has 15 heteroatoms. The van der Waals surface area contributed by atoms with Crippen molar-refractivity contribution in [3.63, 3.8) is 0 Å². The molecule has 1 aromatic carbocycles. The van der Waals surface area contributed by atoms with E-state index in [2.05, 4.69) is 41.9 Å². The smallest absolute Gasteiger partial charge is 0.274 e. The van der Waals surface area contributed by atoms with E-state index in [4.69, 9.17) is 9.37 Å². The zero-order valence-corrected chi connectivity index (χ0v) is 18.2. The monoisotopic (exact) mass is 514 g/mol. The van der Waals surface area contributed by atoms with Crippen molar-refractivity contribution in [3.8, 4) is 0 Å². The molecule has 0 saturated carbocycles. The summed E-state index contributed by atoms with van der Waals surface area (Å²) in [5, 5.41) is 33.8. The Hall–Kier alpha value is -3.30. The van der Waals surface area contributed by atoms with Crippen molar-refractivity contribution in [1.82, 2.24) is 26.0 Å².